The Morgan fingerprint density at radius 3 is 2.78 bits per heavy atom. The number of aromatic nitrogens is 2. The lowest BCUT2D eigenvalue weighted by Crippen LogP contribution is -2.35. The number of sulfone groups is 1. The molecule has 0 radical (unpaired) electrons. The van der Waals surface area contributed by atoms with E-state index in [2.05, 4.69) is 15.5 Å². The Morgan fingerprint density at radius 1 is 1.30 bits per heavy atom. The predicted molar refractivity (Wildman–Crippen MR) is 82.9 cm³/mol. The van der Waals surface area contributed by atoms with Crippen LogP contribution in [0.2, 0.25) is 0 Å². The average molecular weight is 333 g/mol. The highest BCUT2D eigenvalue weighted by molar-refractivity contribution is 7.94. The van der Waals surface area contributed by atoms with Crippen LogP contribution in [-0.4, -0.2) is 36.3 Å². The maximum Gasteiger partial charge on any atom is 0.227 e. The van der Waals surface area contributed by atoms with E-state index < -0.39 is 15.9 Å². The monoisotopic (exact) mass is 333 g/mol. The molecule has 0 bridgehead atoms. The molecule has 0 fully saturated rings. The fourth-order valence-electron chi connectivity index (χ4n) is 2.23. The lowest BCUT2D eigenvalue weighted by atomic mass is 10.2. The summed E-state index contributed by atoms with van der Waals surface area (Å²) in [5, 5.41) is 7.65. The molecule has 1 aromatic heterocycles. The first-order chi connectivity index (χ1) is 11.0. The van der Waals surface area contributed by atoms with Crippen LogP contribution in [0.1, 0.15) is 12.3 Å². The molecule has 0 aliphatic carbocycles. The Labute approximate surface area is 133 Å². The first-order valence-corrected chi connectivity index (χ1v) is 8.82. The molecule has 0 spiro atoms. The van der Waals surface area contributed by atoms with Gasteiger partial charge in [0.2, 0.25) is 17.6 Å². The van der Waals surface area contributed by atoms with E-state index in [1.54, 1.807) is 0 Å². The molecule has 3 rings (SSSR count). The van der Waals surface area contributed by atoms with Crippen LogP contribution in [0.5, 0.6) is 0 Å². The van der Waals surface area contributed by atoms with Gasteiger partial charge in [0.05, 0.1) is 11.8 Å². The largest absolute Gasteiger partial charge is 0.349 e. The van der Waals surface area contributed by atoms with Gasteiger partial charge in [-0.2, -0.15) is 4.98 Å². The van der Waals surface area contributed by atoms with Gasteiger partial charge in [-0.15, -0.1) is 0 Å². The van der Waals surface area contributed by atoms with Gasteiger partial charge in [0.25, 0.3) is 0 Å². The van der Waals surface area contributed by atoms with E-state index in [-0.39, 0.29) is 18.1 Å². The van der Waals surface area contributed by atoms with Crippen LogP contribution in [0.3, 0.4) is 0 Å². The number of hydrogen-bond acceptors (Lipinski definition) is 6. The Kier molecular flexibility index (Phi) is 4.24. The van der Waals surface area contributed by atoms with Crippen LogP contribution in [0.25, 0.3) is 11.4 Å². The summed E-state index contributed by atoms with van der Waals surface area (Å²) >= 11 is 0. The third-order valence-corrected chi connectivity index (χ3v) is 4.74. The Bertz CT molecular complexity index is 827. The average Bonchev–Trinajstić information content (AvgIpc) is 3.13. The molecule has 0 saturated heterocycles. The maximum absolute atomic E-state index is 11.8. The summed E-state index contributed by atoms with van der Waals surface area (Å²) in [5.74, 6) is 0.507. The van der Waals surface area contributed by atoms with Crippen molar-refractivity contribution in [2.45, 2.75) is 18.9 Å². The molecule has 1 amide bonds. The highest BCUT2D eigenvalue weighted by Crippen LogP contribution is 2.15. The summed E-state index contributed by atoms with van der Waals surface area (Å²) in [6.45, 7) is 0. The van der Waals surface area contributed by atoms with Gasteiger partial charge < -0.3 is 9.84 Å². The van der Waals surface area contributed by atoms with Gasteiger partial charge in [-0.25, -0.2) is 8.42 Å². The van der Waals surface area contributed by atoms with Crippen molar-refractivity contribution < 1.29 is 17.7 Å². The van der Waals surface area contributed by atoms with Gasteiger partial charge in [0.1, 0.15) is 0 Å². The van der Waals surface area contributed by atoms with E-state index in [0.717, 1.165) is 11.0 Å². The molecule has 7 nitrogen and oxygen atoms in total. The van der Waals surface area contributed by atoms with Gasteiger partial charge >= 0.3 is 0 Å². The normalized spacial score (nSPS) is 18.9. The fourth-order valence-corrected chi connectivity index (χ4v) is 3.46. The topological polar surface area (TPSA) is 102 Å². The molecule has 1 aromatic carbocycles. The molecule has 1 N–H and O–H groups in total. The molecule has 120 valence electrons. The molecule has 8 heteroatoms. The minimum atomic E-state index is -3.17. The molecule has 2 heterocycles. The van der Waals surface area contributed by atoms with Gasteiger partial charge in [-0.3, -0.25) is 4.79 Å². The van der Waals surface area contributed by atoms with Crippen molar-refractivity contribution in [2.24, 2.45) is 0 Å². The van der Waals surface area contributed by atoms with Crippen molar-refractivity contribution in [3.8, 4) is 11.4 Å². The Balaban J connectivity index is 1.52. The van der Waals surface area contributed by atoms with Crippen LogP contribution >= 0.6 is 0 Å². The van der Waals surface area contributed by atoms with Crippen LogP contribution in [-0.2, 0) is 21.1 Å². The van der Waals surface area contributed by atoms with Crippen molar-refractivity contribution >= 4 is 15.7 Å². The molecule has 0 unspecified atom stereocenters. The SMILES string of the molecule is O=C(CCc1nc(-c2ccccc2)no1)N[C@@H]1C=CS(=O)(=O)C1. The number of aryl methyl sites for hydroxylation is 1. The summed E-state index contributed by atoms with van der Waals surface area (Å²) in [4.78, 5) is 16.1. The van der Waals surface area contributed by atoms with Crippen molar-refractivity contribution in [3.05, 3.63) is 47.7 Å². The summed E-state index contributed by atoms with van der Waals surface area (Å²) < 4.78 is 27.7. The summed E-state index contributed by atoms with van der Waals surface area (Å²) in [6, 6.07) is 8.92. The quantitative estimate of drug-likeness (QED) is 0.879. The van der Waals surface area contributed by atoms with E-state index >= 15 is 0 Å². The van der Waals surface area contributed by atoms with Gasteiger partial charge in [-0.1, -0.05) is 35.5 Å². The molecular formula is C15H15N3O4S. The van der Waals surface area contributed by atoms with E-state index in [9.17, 15) is 13.2 Å². The molecule has 1 atom stereocenters. The maximum atomic E-state index is 11.8. The fraction of sp³-hybridized carbons (Fsp3) is 0.267. The zero-order valence-electron chi connectivity index (χ0n) is 12.2. The summed E-state index contributed by atoms with van der Waals surface area (Å²) in [6.07, 6.45) is 1.93. The van der Waals surface area contributed by atoms with Crippen molar-refractivity contribution in [1.82, 2.24) is 15.5 Å². The minimum absolute atomic E-state index is 0.0859. The first-order valence-electron chi connectivity index (χ1n) is 7.10. The van der Waals surface area contributed by atoms with E-state index in [1.165, 1.54) is 6.08 Å². The number of amides is 1. The Morgan fingerprint density at radius 2 is 2.09 bits per heavy atom. The van der Waals surface area contributed by atoms with E-state index in [0.29, 0.717) is 18.1 Å². The van der Waals surface area contributed by atoms with E-state index in [1.807, 2.05) is 30.3 Å². The summed E-state index contributed by atoms with van der Waals surface area (Å²) in [5.41, 5.74) is 0.841. The van der Waals surface area contributed by atoms with Gasteiger partial charge in [0, 0.05) is 23.8 Å². The highest BCUT2D eigenvalue weighted by atomic mass is 32.2. The standard InChI is InChI=1S/C15H15N3O4S/c19-13(16-12-8-9-23(20,21)10-12)6-7-14-17-15(18-22-14)11-4-2-1-3-5-11/h1-5,8-9,12H,6-7,10H2,(H,16,19)/t12-/m1/s1. The smallest absolute Gasteiger partial charge is 0.227 e. The predicted octanol–water partition coefficient (Wildman–Crippen LogP) is 1.10. The molecule has 2 aromatic rings. The zero-order chi connectivity index (χ0) is 16.3. The first kappa shape index (κ1) is 15.4. The Hall–Kier alpha value is -2.48. The number of nitrogens with one attached hydrogen (secondary N) is 1. The molecule has 1 aliphatic heterocycles. The van der Waals surface area contributed by atoms with Crippen molar-refractivity contribution in [3.63, 3.8) is 0 Å². The van der Waals surface area contributed by atoms with Crippen LogP contribution in [0, 0.1) is 0 Å². The van der Waals surface area contributed by atoms with E-state index in [4.69, 9.17) is 4.52 Å². The molecule has 0 saturated carbocycles. The number of hydrogen-bond donors (Lipinski definition) is 1. The van der Waals surface area contributed by atoms with Crippen LogP contribution < -0.4 is 5.32 Å². The second kappa shape index (κ2) is 6.33. The minimum Gasteiger partial charge on any atom is -0.349 e. The molecular weight excluding hydrogens is 318 g/mol. The van der Waals surface area contributed by atoms with Crippen molar-refractivity contribution in [1.29, 1.82) is 0 Å². The van der Waals surface area contributed by atoms with Crippen LogP contribution in [0.15, 0.2) is 46.3 Å². The number of carbonyl (C=O) groups is 1. The number of benzene rings is 1. The van der Waals surface area contributed by atoms with Gasteiger partial charge in [0.15, 0.2) is 9.84 Å². The molecule has 1 aliphatic rings. The van der Waals surface area contributed by atoms with Crippen LogP contribution in [0.4, 0.5) is 0 Å². The second-order valence-electron chi connectivity index (χ2n) is 5.21. The van der Waals surface area contributed by atoms with Crippen molar-refractivity contribution in [2.75, 3.05) is 5.75 Å². The number of rotatable bonds is 5. The number of nitrogens with zero attached hydrogens (tertiary/aromatic N) is 2. The molecule has 23 heavy (non-hydrogen) atoms. The lowest BCUT2D eigenvalue weighted by molar-refractivity contribution is -0.121. The number of carbonyl (C=O) groups excluding carboxylic acids is 1. The second-order valence-corrected chi connectivity index (χ2v) is 7.14. The third kappa shape index (κ3) is 4.04. The zero-order valence-corrected chi connectivity index (χ0v) is 13.0. The highest BCUT2D eigenvalue weighted by Gasteiger charge is 2.23. The van der Waals surface area contributed by atoms with Gasteiger partial charge in [-0.05, 0) is 6.08 Å². The lowest BCUT2D eigenvalue weighted by Gasteiger charge is -2.08. The third-order valence-electron chi connectivity index (χ3n) is 3.34. The summed E-state index contributed by atoms with van der Waals surface area (Å²) in [7, 11) is -3.17.